The van der Waals surface area contributed by atoms with Gasteiger partial charge in [-0.3, -0.25) is 4.90 Å². The smallest absolute Gasteiger partial charge is 0.0229 e. The second kappa shape index (κ2) is 7.65. The summed E-state index contributed by atoms with van der Waals surface area (Å²) in [7, 11) is 0. The first kappa shape index (κ1) is 15.3. The van der Waals surface area contributed by atoms with Crippen LogP contribution >= 0.6 is 11.8 Å². The van der Waals surface area contributed by atoms with Crippen LogP contribution in [0.5, 0.6) is 0 Å². The molecule has 4 atom stereocenters. The molecule has 0 aliphatic carbocycles. The highest BCUT2D eigenvalue weighted by Crippen LogP contribution is 2.29. The Morgan fingerprint density at radius 2 is 2.06 bits per heavy atom. The molecule has 1 fully saturated rings. The van der Waals surface area contributed by atoms with Crippen molar-refractivity contribution in [3.05, 3.63) is 0 Å². The number of nitrogens with two attached hydrogens (primary N) is 1. The Morgan fingerprint density at radius 3 is 2.65 bits per heavy atom. The van der Waals surface area contributed by atoms with Crippen LogP contribution in [0.4, 0.5) is 0 Å². The Hall–Kier alpha value is 0.270. The molecule has 4 unspecified atom stereocenters. The fourth-order valence-electron chi connectivity index (χ4n) is 3.02. The highest BCUT2D eigenvalue weighted by molar-refractivity contribution is 7.99. The zero-order valence-electron chi connectivity index (χ0n) is 12.0. The Balaban J connectivity index is 2.53. The van der Waals surface area contributed by atoms with E-state index in [-0.39, 0.29) is 0 Å². The van der Waals surface area contributed by atoms with E-state index in [1.807, 2.05) is 11.8 Å². The Morgan fingerprint density at radius 1 is 1.35 bits per heavy atom. The molecule has 0 aromatic carbocycles. The molecule has 0 saturated carbocycles. The zero-order valence-corrected chi connectivity index (χ0v) is 12.8. The van der Waals surface area contributed by atoms with Crippen LogP contribution in [0, 0.1) is 11.8 Å². The molecule has 0 aromatic rings. The van der Waals surface area contributed by atoms with Crippen LogP contribution in [0.25, 0.3) is 0 Å². The molecule has 102 valence electrons. The maximum atomic E-state index is 5.99. The molecule has 1 aliphatic rings. The Labute approximate surface area is 112 Å². The van der Waals surface area contributed by atoms with E-state index in [1.165, 1.54) is 30.9 Å². The van der Waals surface area contributed by atoms with E-state index >= 15 is 0 Å². The number of piperidine rings is 1. The molecule has 1 rings (SSSR count). The minimum Gasteiger partial charge on any atom is -0.329 e. The van der Waals surface area contributed by atoms with E-state index in [0.29, 0.717) is 12.1 Å². The fourth-order valence-corrected chi connectivity index (χ4v) is 3.75. The third kappa shape index (κ3) is 4.46. The van der Waals surface area contributed by atoms with E-state index in [2.05, 4.69) is 32.6 Å². The number of hydrogen-bond donors (Lipinski definition) is 1. The van der Waals surface area contributed by atoms with Crippen molar-refractivity contribution >= 4 is 11.8 Å². The monoisotopic (exact) mass is 258 g/mol. The van der Waals surface area contributed by atoms with Gasteiger partial charge in [-0.15, -0.1) is 0 Å². The normalized spacial score (nSPS) is 32.6. The van der Waals surface area contributed by atoms with Gasteiger partial charge >= 0.3 is 0 Å². The van der Waals surface area contributed by atoms with Gasteiger partial charge in [0.25, 0.3) is 0 Å². The van der Waals surface area contributed by atoms with Crippen LogP contribution in [-0.4, -0.2) is 41.6 Å². The topological polar surface area (TPSA) is 29.3 Å². The van der Waals surface area contributed by atoms with Crippen LogP contribution < -0.4 is 5.73 Å². The molecule has 0 radical (unpaired) electrons. The molecule has 0 amide bonds. The molecule has 0 spiro atoms. The molecule has 1 saturated heterocycles. The molecule has 0 bridgehead atoms. The summed E-state index contributed by atoms with van der Waals surface area (Å²) in [5, 5.41) is 0. The van der Waals surface area contributed by atoms with Crippen molar-refractivity contribution in [2.75, 3.05) is 24.6 Å². The minimum atomic E-state index is 0.592. The average Bonchev–Trinajstić information content (AvgIpc) is 2.30. The molecular weight excluding hydrogens is 228 g/mol. The predicted octanol–water partition coefficient (Wildman–Crippen LogP) is 2.82. The second-order valence-electron chi connectivity index (χ2n) is 5.63. The van der Waals surface area contributed by atoms with Crippen molar-refractivity contribution in [1.82, 2.24) is 4.90 Å². The van der Waals surface area contributed by atoms with E-state index in [0.717, 1.165) is 18.4 Å². The first-order valence-corrected chi connectivity index (χ1v) is 8.29. The summed E-state index contributed by atoms with van der Waals surface area (Å²) >= 11 is 2.04. The van der Waals surface area contributed by atoms with Gasteiger partial charge in [-0.25, -0.2) is 0 Å². The lowest BCUT2D eigenvalue weighted by Gasteiger charge is -2.45. The molecular formula is C14H30N2S. The average molecular weight is 258 g/mol. The second-order valence-corrected chi connectivity index (χ2v) is 7.02. The van der Waals surface area contributed by atoms with Crippen LogP contribution in [0.15, 0.2) is 0 Å². The molecule has 17 heavy (non-hydrogen) atoms. The van der Waals surface area contributed by atoms with Gasteiger partial charge in [-0.2, -0.15) is 11.8 Å². The molecule has 1 heterocycles. The van der Waals surface area contributed by atoms with Gasteiger partial charge in [0.15, 0.2) is 0 Å². The van der Waals surface area contributed by atoms with Gasteiger partial charge in [-0.05, 0) is 43.1 Å². The van der Waals surface area contributed by atoms with Crippen molar-refractivity contribution in [2.24, 2.45) is 17.6 Å². The highest BCUT2D eigenvalue weighted by Gasteiger charge is 2.32. The Bertz CT molecular complexity index is 210. The summed E-state index contributed by atoms with van der Waals surface area (Å²) in [6.45, 7) is 11.4. The minimum absolute atomic E-state index is 0.592. The van der Waals surface area contributed by atoms with Gasteiger partial charge in [0.2, 0.25) is 0 Å². The van der Waals surface area contributed by atoms with Gasteiger partial charge < -0.3 is 5.73 Å². The fraction of sp³-hybridized carbons (Fsp3) is 1.00. The molecule has 2 nitrogen and oxygen atoms in total. The lowest BCUT2D eigenvalue weighted by molar-refractivity contribution is 0.0420. The molecule has 3 heteroatoms. The lowest BCUT2D eigenvalue weighted by Crippen LogP contribution is -2.53. The van der Waals surface area contributed by atoms with Gasteiger partial charge in [-0.1, -0.05) is 20.8 Å². The maximum Gasteiger partial charge on any atom is 0.0229 e. The summed E-state index contributed by atoms with van der Waals surface area (Å²) in [6.07, 6.45) is 2.62. The number of rotatable bonds is 6. The lowest BCUT2D eigenvalue weighted by atomic mass is 9.84. The number of thioether (sulfide) groups is 1. The van der Waals surface area contributed by atoms with Crippen LogP contribution in [0.3, 0.4) is 0 Å². The van der Waals surface area contributed by atoms with Crippen molar-refractivity contribution in [2.45, 2.75) is 52.6 Å². The number of nitrogens with zero attached hydrogens (tertiary/aromatic N) is 1. The quantitative estimate of drug-likeness (QED) is 0.743. The van der Waals surface area contributed by atoms with E-state index in [9.17, 15) is 0 Å². The van der Waals surface area contributed by atoms with E-state index in [4.69, 9.17) is 5.73 Å². The number of hydrogen-bond acceptors (Lipinski definition) is 3. The molecule has 0 aromatic heterocycles. The van der Waals surface area contributed by atoms with Crippen molar-refractivity contribution in [3.8, 4) is 0 Å². The van der Waals surface area contributed by atoms with Gasteiger partial charge in [0.05, 0.1) is 0 Å². The largest absolute Gasteiger partial charge is 0.329 e. The van der Waals surface area contributed by atoms with Gasteiger partial charge in [0.1, 0.15) is 0 Å². The third-order valence-electron chi connectivity index (χ3n) is 4.18. The SMILES string of the molecule is CCSCCC(CN)N1CC(C)CC(C)C1C. The van der Waals surface area contributed by atoms with E-state index in [1.54, 1.807) is 0 Å². The first-order valence-electron chi connectivity index (χ1n) is 7.13. The van der Waals surface area contributed by atoms with Crippen LogP contribution in [-0.2, 0) is 0 Å². The maximum absolute atomic E-state index is 5.99. The van der Waals surface area contributed by atoms with Gasteiger partial charge in [0, 0.05) is 25.2 Å². The zero-order chi connectivity index (χ0) is 12.8. The summed E-state index contributed by atoms with van der Waals surface area (Å²) in [5.41, 5.74) is 5.99. The third-order valence-corrected chi connectivity index (χ3v) is 5.12. The molecule has 1 aliphatic heterocycles. The van der Waals surface area contributed by atoms with Crippen molar-refractivity contribution < 1.29 is 0 Å². The number of likely N-dealkylation sites (tertiary alicyclic amines) is 1. The van der Waals surface area contributed by atoms with Crippen molar-refractivity contribution in [3.63, 3.8) is 0 Å². The predicted molar refractivity (Wildman–Crippen MR) is 79.6 cm³/mol. The standard InChI is InChI=1S/C14H30N2S/c1-5-17-7-6-14(9-15)16-10-11(2)8-12(3)13(16)4/h11-14H,5-10,15H2,1-4H3. The summed E-state index contributed by atoms with van der Waals surface area (Å²) in [4.78, 5) is 2.68. The summed E-state index contributed by atoms with van der Waals surface area (Å²) in [5.74, 6) is 4.12. The van der Waals surface area contributed by atoms with Crippen LogP contribution in [0.2, 0.25) is 0 Å². The Kier molecular flexibility index (Phi) is 6.90. The van der Waals surface area contributed by atoms with Crippen LogP contribution in [0.1, 0.15) is 40.5 Å². The first-order chi connectivity index (χ1) is 8.10. The highest BCUT2D eigenvalue weighted by atomic mass is 32.2. The molecule has 2 N–H and O–H groups in total. The van der Waals surface area contributed by atoms with E-state index < -0.39 is 0 Å². The summed E-state index contributed by atoms with van der Waals surface area (Å²) in [6, 6.07) is 1.29. The summed E-state index contributed by atoms with van der Waals surface area (Å²) < 4.78 is 0. The van der Waals surface area contributed by atoms with Crippen molar-refractivity contribution in [1.29, 1.82) is 0 Å².